The van der Waals surface area contributed by atoms with E-state index in [4.69, 9.17) is 25.8 Å². The molecule has 2 N–H and O–H groups in total. The number of ether oxygens (including phenoxy) is 3. The molecule has 0 aromatic heterocycles. The first kappa shape index (κ1) is 21.0. The summed E-state index contributed by atoms with van der Waals surface area (Å²) in [5.41, 5.74) is 3.82. The Kier molecular flexibility index (Phi) is 6.60. The number of carbonyl (C=O) groups excluding carboxylic acids is 1. The summed E-state index contributed by atoms with van der Waals surface area (Å²) in [6.45, 7) is 3.33. The lowest BCUT2D eigenvalue weighted by molar-refractivity contribution is -0.118. The average Bonchev–Trinajstić information content (AvgIpc) is 3.23. The maximum Gasteiger partial charge on any atom is 0.262 e. The fourth-order valence-electron chi connectivity index (χ4n) is 3.20. The molecule has 0 saturated heterocycles. The first-order chi connectivity index (χ1) is 15.1. The first-order valence-corrected chi connectivity index (χ1v) is 10.3. The van der Waals surface area contributed by atoms with E-state index in [-0.39, 0.29) is 19.3 Å². The number of anilines is 1. The maximum atomic E-state index is 12.2. The van der Waals surface area contributed by atoms with Gasteiger partial charge in [-0.05, 0) is 55.0 Å². The zero-order valence-electron chi connectivity index (χ0n) is 17.1. The van der Waals surface area contributed by atoms with Crippen LogP contribution >= 0.6 is 11.6 Å². The fraction of sp³-hybridized carbons (Fsp3) is 0.208. The number of hydrogen-bond acceptors (Lipinski definition) is 5. The number of nitrogens with one attached hydrogen (secondary N) is 2. The highest BCUT2D eigenvalue weighted by atomic mass is 35.5. The number of halogens is 1. The molecule has 0 spiro atoms. The second kappa shape index (κ2) is 9.73. The van der Waals surface area contributed by atoms with Gasteiger partial charge in [0.1, 0.15) is 5.75 Å². The molecule has 0 radical (unpaired) electrons. The molecule has 0 fully saturated rings. The molecule has 1 aliphatic heterocycles. The van der Waals surface area contributed by atoms with Crippen molar-refractivity contribution in [1.82, 2.24) is 5.32 Å². The molecule has 3 aromatic rings. The lowest BCUT2D eigenvalue weighted by atomic mass is 10.1. The van der Waals surface area contributed by atoms with Crippen LogP contribution in [-0.4, -0.2) is 19.3 Å². The minimum atomic E-state index is -0.224. The molecule has 1 amide bonds. The Bertz CT molecular complexity index is 1070. The Morgan fingerprint density at radius 1 is 1.00 bits per heavy atom. The van der Waals surface area contributed by atoms with Gasteiger partial charge in [-0.3, -0.25) is 4.79 Å². The van der Waals surface area contributed by atoms with Crippen LogP contribution in [0.25, 0.3) is 0 Å². The molecular formula is C24H23ClN2O4. The summed E-state index contributed by atoms with van der Waals surface area (Å²) in [5.74, 6) is 1.91. The predicted octanol–water partition coefficient (Wildman–Crippen LogP) is 4.68. The Balaban J connectivity index is 1.32. The topological polar surface area (TPSA) is 68.8 Å². The van der Waals surface area contributed by atoms with Gasteiger partial charge in [0.2, 0.25) is 6.79 Å². The molecule has 0 saturated carbocycles. The average molecular weight is 439 g/mol. The minimum Gasteiger partial charge on any atom is -0.483 e. The fourth-order valence-corrected chi connectivity index (χ4v) is 3.39. The summed E-state index contributed by atoms with van der Waals surface area (Å²) < 4.78 is 16.5. The molecule has 0 aliphatic carbocycles. The molecular weight excluding hydrogens is 416 g/mol. The monoisotopic (exact) mass is 438 g/mol. The Hall–Kier alpha value is -3.22. The van der Waals surface area contributed by atoms with Crippen molar-refractivity contribution in [2.24, 2.45) is 0 Å². The van der Waals surface area contributed by atoms with E-state index in [2.05, 4.69) is 10.6 Å². The van der Waals surface area contributed by atoms with Crippen LogP contribution in [0.2, 0.25) is 5.02 Å². The van der Waals surface area contributed by atoms with Crippen molar-refractivity contribution >= 4 is 23.2 Å². The molecule has 4 rings (SSSR count). The zero-order chi connectivity index (χ0) is 21.6. The van der Waals surface area contributed by atoms with Crippen LogP contribution < -0.4 is 24.8 Å². The standard InChI is InChI=1S/C24H23ClN2O4/c1-16-2-6-20(7-3-16)27-24(28)14-29-21-9-5-19(25)11-18(21)13-26-12-17-4-8-22-23(10-17)31-15-30-22/h2-11,26H,12-15H2,1H3,(H,27,28). The van der Waals surface area contributed by atoms with E-state index in [0.29, 0.717) is 23.9 Å². The van der Waals surface area contributed by atoms with E-state index in [1.807, 2.05) is 55.5 Å². The highest BCUT2D eigenvalue weighted by molar-refractivity contribution is 6.30. The van der Waals surface area contributed by atoms with E-state index in [0.717, 1.165) is 33.9 Å². The van der Waals surface area contributed by atoms with Crippen LogP contribution in [0.4, 0.5) is 5.69 Å². The number of rotatable bonds is 8. The Morgan fingerprint density at radius 3 is 2.65 bits per heavy atom. The van der Waals surface area contributed by atoms with Gasteiger partial charge in [0.05, 0.1) is 0 Å². The molecule has 7 heteroatoms. The maximum absolute atomic E-state index is 12.2. The van der Waals surface area contributed by atoms with Crippen molar-refractivity contribution in [2.45, 2.75) is 20.0 Å². The number of carbonyl (C=O) groups is 1. The number of aryl methyl sites for hydroxylation is 1. The van der Waals surface area contributed by atoms with Crippen molar-refractivity contribution in [2.75, 3.05) is 18.7 Å². The number of fused-ring (bicyclic) bond motifs is 1. The highest BCUT2D eigenvalue weighted by Gasteiger charge is 2.13. The zero-order valence-corrected chi connectivity index (χ0v) is 17.9. The normalized spacial score (nSPS) is 11.9. The molecule has 3 aromatic carbocycles. The minimum absolute atomic E-state index is 0.0926. The van der Waals surface area contributed by atoms with Crippen LogP contribution in [0.1, 0.15) is 16.7 Å². The van der Waals surface area contributed by atoms with Crippen molar-refractivity contribution in [3.63, 3.8) is 0 Å². The van der Waals surface area contributed by atoms with Crippen LogP contribution in [-0.2, 0) is 17.9 Å². The smallest absolute Gasteiger partial charge is 0.262 e. The summed E-state index contributed by atoms with van der Waals surface area (Å²) in [5, 5.41) is 6.81. The molecule has 1 aliphatic rings. The van der Waals surface area contributed by atoms with Gasteiger partial charge in [0, 0.05) is 29.4 Å². The van der Waals surface area contributed by atoms with Crippen LogP contribution in [0.5, 0.6) is 17.2 Å². The second-order valence-electron chi connectivity index (χ2n) is 7.25. The van der Waals surface area contributed by atoms with E-state index < -0.39 is 0 Å². The third-order valence-corrected chi connectivity index (χ3v) is 5.03. The van der Waals surface area contributed by atoms with Gasteiger partial charge in [-0.1, -0.05) is 35.4 Å². The van der Waals surface area contributed by atoms with Gasteiger partial charge in [-0.25, -0.2) is 0 Å². The summed E-state index contributed by atoms with van der Waals surface area (Å²) in [7, 11) is 0. The summed E-state index contributed by atoms with van der Waals surface area (Å²) >= 11 is 6.17. The van der Waals surface area contributed by atoms with Crippen molar-refractivity contribution in [3.8, 4) is 17.2 Å². The summed E-state index contributed by atoms with van der Waals surface area (Å²) in [4.78, 5) is 12.2. The molecule has 31 heavy (non-hydrogen) atoms. The van der Waals surface area contributed by atoms with Crippen LogP contribution in [0.15, 0.2) is 60.7 Å². The molecule has 1 heterocycles. The molecule has 0 unspecified atom stereocenters. The van der Waals surface area contributed by atoms with Gasteiger partial charge in [-0.2, -0.15) is 0 Å². The molecule has 6 nitrogen and oxygen atoms in total. The summed E-state index contributed by atoms with van der Waals surface area (Å²) in [6.07, 6.45) is 0. The van der Waals surface area contributed by atoms with Crippen LogP contribution in [0, 0.1) is 6.92 Å². The third-order valence-electron chi connectivity index (χ3n) is 4.80. The van der Waals surface area contributed by atoms with E-state index >= 15 is 0 Å². The molecule has 0 bridgehead atoms. The van der Waals surface area contributed by atoms with E-state index in [1.165, 1.54) is 0 Å². The highest BCUT2D eigenvalue weighted by Crippen LogP contribution is 2.32. The van der Waals surface area contributed by atoms with Gasteiger partial charge in [-0.15, -0.1) is 0 Å². The van der Waals surface area contributed by atoms with Crippen molar-refractivity contribution in [1.29, 1.82) is 0 Å². The summed E-state index contributed by atoms with van der Waals surface area (Å²) in [6, 6.07) is 18.8. The van der Waals surface area contributed by atoms with Gasteiger partial charge < -0.3 is 24.8 Å². The molecule has 0 atom stereocenters. The lowest BCUT2D eigenvalue weighted by Gasteiger charge is -2.13. The number of amides is 1. The quantitative estimate of drug-likeness (QED) is 0.534. The van der Waals surface area contributed by atoms with Crippen LogP contribution in [0.3, 0.4) is 0 Å². The molecule has 160 valence electrons. The number of benzene rings is 3. The second-order valence-corrected chi connectivity index (χ2v) is 7.68. The largest absolute Gasteiger partial charge is 0.483 e. The third kappa shape index (κ3) is 5.69. The van der Waals surface area contributed by atoms with Gasteiger partial charge in [0.25, 0.3) is 5.91 Å². The van der Waals surface area contributed by atoms with Crippen molar-refractivity contribution in [3.05, 3.63) is 82.4 Å². The number of hydrogen-bond donors (Lipinski definition) is 2. The van der Waals surface area contributed by atoms with Gasteiger partial charge >= 0.3 is 0 Å². The predicted molar refractivity (Wildman–Crippen MR) is 120 cm³/mol. The van der Waals surface area contributed by atoms with Gasteiger partial charge in [0.15, 0.2) is 18.1 Å². The Labute approximate surface area is 186 Å². The van der Waals surface area contributed by atoms with E-state index in [1.54, 1.807) is 12.1 Å². The lowest BCUT2D eigenvalue weighted by Crippen LogP contribution is -2.21. The Morgan fingerprint density at radius 2 is 1.81 bits per heavy atom. The van der Waals surface area contributed by atoms with E-state index in [9.17, 15) is 4.79 Å². The van der Waals surface area contributed by atoms with Crippen molar-refractivity contribution < 1.29 is 19.0 Å². The SMILES string of the molecule is Cc1ccc(NC(=O)COc2ccc(Cl)cc2CNCc2ccc3c(c2)OCO3)cc1. The first-order valence-electron chi connectivity index (χ1n) is 9.94.